The lowest BCUT2D eigenvalue weighted by molar-refractivity contribution is -0.255. The maximum Gasteiger partial charge on any atom is 0.259 e. The van der Waals surface area contributed by atoms with Crippen molar-refractivity contribution < 1.29 is 34.2 Å². The summed E-state index contributed by atoms with van der Waals surface area (Å²) in [5.41, 5.74) is -1.31. The molecule has 35 heavy (non-hydrogen) atoms. The molecule has 0 saturated carbocycles. The van der Waals surface area contributed by atoms with Crippen molar-refractivity contribution in [1.82, 2.24) is 9.73 Å². The lowest BCUT2D eigenvalue weighted by Crippen LogP contribution is -2.54. The van der Waals surface area contributed by atoms with E-state index in [0.29, 0.717) is 39.6 Å². The molecule has 0 spiro atoms. The van der Waals surface area contributed by atoms with Crippen LogP contribution in [0.5, 0.6) is 0 Å². The molecule has 0 N–H and O–H groups in total. The summed E-state index contributed by atoms with van der Waals surface area (Å²) in [5.74, 6) is 0.0862. The highest BCUT2D eigenvalue weighted by Gasteiger charge is 2.63. The molecule has 4 heterocycles. The standard InChI is InChI=1S/C24H42N3O7P/c1-16(2)27(17(3)4)35(32-10-9-25-7)34-22-21-13-31-24(22,15-29-21)18(5)33-26(8)11-19-20-12-30-23(19,6)14-28-20/h16-22H,9-15H2,1-6,8H3/t18?,19-,20-,21-,22-,23-,24+,35?/m0/s1/i6D. The fourth-order valence-electron chi connectivity index (χ4n) is 5.56. The van der Waals surface area contributed by atoms with Gasteiger partial charge in [0.1, 0.15) is 30.5 Å². The molecule has 0 aromatic carbocycles. The molecule has 2 unspecified atom stereocenters. The van der Waals surface area contributed by atoms with Crippen LogP contribution >= 0.6 is 8.53 Å². The number of hydrogen-bond acceptors (Lipinski definition) is 9. The Hall–Kier alpha value is -0.440. The van der Waals surface area contributed by atoms with Gasteiger partial charge in [0.05, 0.1) is 38.1 Å². The Morgan fingerprint density at radius 1 is 1.11 bits per heavy atom. The number of hydrogen-bond donors (Lipinski definition) is 0. The van der Waals surface area contributed by atoms with Crippen LogP contribution in [0.2, 0.25) is 0 Å². The summed E-state index contributed by atoms with van der Waals surface area (Å²) in [6.07, 6.45) is -0.897. The fraction of sp³-hybridized carbons (Fsp3) is 0.958. The molecule has 4 fully saturated rings. The molecule has 11 heteroatoms. The van der Waals surface area contributed by atoms with E-state index in [2.05, 4.69) is 37.2 Å². The first-order chi connectivity index (χ1) is 17.2. The highest BCUT2D eigenvalue weighted by atomic mass is 31.2. The Bertz CT molecular complexity index is 763. The van der Waals surface area contributed by atoms with Crippen molar-refractivity contribution in [3.8, 4) is 0 Å². The van der Waals surface area contributed by atoms with Gasteiger partial charge in [-0.15, -0.1) is 0 Å². The molecule has 4 saturated heterocycles. The third-order valence-corrected chi connectivity index (χ3v) is 9.51. The number of hydroxylamine groups is 2. The van der Waals surface area contributed by atoms with Crippen LogP contribution in [0.4, 0.5) is 0 Å². The minimum atomic E-state index is -1.43. The zero-order valence-electron chi connectivity index (χ0n) is 22.8. The first-order valence-electron chi connectivity index (χ1n) is 13.3. The van der Waals surface area contributed by atoms with Crippen LogP contribution in [-0.2, 0) is 32.8 Å². The molecule has 4 aliphatic rings. The average molecular weight is 517 g/mol. The van der Waals surface area contributed by atoms with Crippen molar-refractivity contribution >= 4 is 8.53 Å². The topological polar surface area (TPSA) is 75.5 Å². The SMILES string of the molecule is [2H]C[C@@]12CO[C@@H](CO1)[C@@H]2CN(C)OC(C)[C@@]12CO[C@@H](CO1)[C@@H]2OP(OCC[N+]#[C-])N(C(C)C)C(C)C. The first-order valence-corrected chi connectivity index (χ1v) is 13.7. The molecule has 0 radical (unpaired) electrons. The number of rotatable bonds is 13. The highest BCUT2D eigenvalue weighted by Crippen LogP contribution is 2.53. The minimum Gasteiger partial charge on any atom is -0.372 e. The predicted octanol–water partition coefficient (Wildman–Crippen LogP) is 2.88. The molecule has 4 bridgehead atoms. The lowest BCUT2D eigenvalue weighted by Gasteiger charge is -2.40. The van der Waals surface area contributed by atoms with Gasteiger partial charge in [-0.1, -0.05) is 0 Å². The van der Waals surface area contributed by atoms with Crippen LogP contribution in [0.15, 0.2) is 0 Å². The van der Waals surface area contributed by atoms with E-state index >= 15 is 0 Å². The van der Waals surface area contributed by atoms with Gasteiger partial charge in [0.15, 0.2) is 0 Å². The molecular formula is C24H42N3O7P. The Balaban J connectivity index is 1.44. The monoisotopic (exact) mass is 516 g/mol. The molecule has 4 rings (SSSR count). The quantitative estimate of drug-likeness (QED) is 0.159. The van der Waals surface area contributed by atoms with Crippen LogP contribution in [0.1, 0.15) is 42.9 Å². The van der Waals surface area contributed by atoms with Crippen molar-refractivity contribution in [2.45, 2.75) is 89.2 Å². The summed E-state index contributed by atoms with van der Waals surface area (Å²) in [5, 5.41) is 1.82. The predicted molar refractivity (Wildman–Crippen MR) is 131 cm³/mol. The van der Waals surface area contributed by atoms with Gasteiger partial charge in [-0.3, -0.25) is 4.84 Å². The number of nitrogens with zero attached hydrogens (tertiary/aromatic N) is 3. The van der Waals surface area contributed by atoms with Gasteiger partial charge in [-0.05, 0) is 41.5 Å². The number of ether oxygens (including phenoxy) is 4. The molecule has 200 valence electrons. The van der Waals surface area contributed by atoms with E-state index in [1.54, 1.807) is 0 Å². The highest BCUT2D eigenvalue weighted by molar-refractivity contribution is 7.44. The van der Waals surface area contributed by atoms with Crippen LogP contribution in [0, 0.1) is 12.5 Å². The van der Waals surface area contributed by atoms with Crippen molar-refractivity contribution in [3.05, 3.63) is 11.4 Å². The van der Waals surface area contributed by atoms with E-state index in [-0.39, 0.29) is 55.9 Å². The summed E-state index contributed by atoms with van der Waals surface area (Å²) in [7, 11) is 0.470. The summed E-state index contributed by atoms with van der Waals surface area (Å²) in [6, 6.07) is 0.410. The second-order valence-corrected chi connectivity index (χ2v) is 12.0. The largest absolute Gasteiger partial charge is 0.372 e. The lowest BCUT2D eigenvalue weighted by atomic mass is 9.91. The van der Waals surface area contributed by atoms with E-state index < -0.39 is 19.7 Å². The summed E-state index contributed by atoms with van der Waals surface area (Å²) >= 11 is 0. The molecule has 0 aliphatic carbocycles. The summed E-state index contributed by atoms with van der Waals surface area (Å²) < 4.78 is 47.2. The Kier molecular flexibility index (Phi) is 8.32. The molecule has 10 nitrogen and oxygen atoms in total. The van der Waals surface area contributed by atoms with Crippen LogP contribution in [-0.4, -0.2) is 111 Å². The zero-order valence-corrected chi connectivity index (χ0v) is 22.7. The Morgan fingerprint density at radius 3 is 2.40 bits per heavy atom. The van der Waals surface area contributed by atoms with Gasteiger partial charge in [0.25, 0.3) is 8.53 Å². The molecule has 0 aromatic rings. The van der Waals surface area contributed by atoms with Gasteiger partial charge in [0.2, 0.25) is 6.54 Å². The van der Waals surface area contributed by atoms with Crippen molar-refractivity contribution in [3.63, 3.8) is 0 Å². The van der Waals surface area contributed by atoms with Gasteiger partial charge in [-0.2, -0.15) is 5.06 Å². The fourth-order valence-corrected chi connectivity index (χ4v) is 7.37. The van der Waals surface area contributed by atoms with Gasteiger partial charge in [0, 0.05) is 33.0 Å². The van der Waals surface area contributed by atoms with E-state index in [9.17, 15) is 0 Å². The number of fused-ring (bicyclic) bond motifs is 4. The third kappa shape index (κ3) is 5.42. The van der Waals surface area contributed by atoms with Crippen LogP contribution in [0.3, 0.4) is 0 Å². The maximum absolute atomic E-state index is 7.99. The van der Waals surface area contributed by atoms with Gasteiger partial charge >= 0.3 is 0 Å². The second kappa shape index (κ2) is 11.1. The van der Waals surface area contributed by atoms with E-state index in [0.717, 1.165) is 0 Å². The van der Waals surface area contributed by atoms with Gasteiger partial charge < -0.3 is 32.8 Å². The van der Waals surface area contributed by atoms with Crippen LogP contribution in [0.25, 0.3) is 4.85 Å². The molecule has 0 amide bonds. The average Bonchev–Trinajstić information content (AvgIpc) is 3.57. The normalized spacial score (nSPS) is 38.1. The van der Waals surface area contributed by atoms with E-state index in [1.807, 2.05) is 19.0 Å². The Morgan fingerprint density at radius 2 is 1.83 bits per heavy atom. The van der Waals surface area contributed by atoms with Crippen molar-refractivity contribution in [1.29, 1.82) is 0 Å². The zero-order chi connectivity index (χ0) is 26.1. The van der Waals surface area contributed by atoms with E-state index in [4.69, 9.17) is 40.8 Å². The Labute approximate surface area is 212 Å². The molecule has 4 aliphatic heterocycles. The molecular weight excluding hydrogens is 473 g/mol. The van der Waals surface area contributed by atoms with Crippen LogP contribution < -0.4 is 0 Å². The first kappa shape index (κ1) is 26.2. The van der Waals surface area contributed by atoms with E-state index in [1.165, 1.54) is 0 Å². The van der Waals surface area contributed by atoms with Gasteiger partial charge in [-0.25, -0.2) is 11.2 Å². The van der Waals surface area contributed by atoms with Crippen molar-refractivity contribution in [2.24, 2.45) is 5.92 Å². The molecule has 8 atom stereocenters. The maximum atomic E-state index is 7.99. The minimum absolute atomic E-state index is 0.00193. The third-order valence-electron chi connectivity index (χ3n) is 7.40. The molecule has 0 aromatic heterocycles. The second-order valence-electron chi connectivity index (χ2n) is 10.6. The smallest absolute Gasteiger partial charge is 0.259 e. The van der Waals surface area contributed by atoms with Crippen molar-refractivity contribution in [2.75, 3.05) is 53.2 Å². The summed E-state index contributed by atoms with van der Waals surface area (Å²) in [6.45, 7) is 20.8. The summed E-state index contributed by atoms with van der Waals surface area (Å²) in [4.78, 5) is 9.82.